The van der Waals surface area contributed by atoms with Crippen molar-refractivity contribution in [2.24, 2.45) is 0 Å². The van der Waals surface area contributed by atoms with Gasteiger partial charge in [-0.25, -0.2) is 0 Å². The molecule has 0 aliphatic carbocycles. The van der Waals surface area contributed by atoms with E-state index < -0.39 is 6.10 Å². The Hall–Kier alpha value is -0.710. The number of Topliss-reactive ketones (excluding diaryl/α,β-unsaturated/α-hetero) is 1. The summed E-state index contributed by atoms with van der Waals surface area (Å²) >= 11 is 1.44. The van der Waals surface area contributed by atoms with Gasteiger partial charge in [-0.1, -0.05) is 6.07 Å². The molecule has 0 spiro atoms. The summed E-state index contributed by atoms with van der Waals surface area (Å²) in [6.07, 6.45) is -0.396. The van der Waals surface area contributed by atoms with Crippen LogP contribution >= 0.6 is 11.3 Å². The van der Waals surface area contributed by atoms with Gasteiger partial charge in [0.2, 0.25) is 5.78 Å². The van der Waals surface area contributed by atoms with Crippen molar-refractivity contribution in [2.75, 3.05) is 19.8 Å². The molecule has 1 fully saturated rings. The third-order valence-corrected chi connectivity index (χ3v) is 2.76. The second-order valence-electron chi connectivity index (χ2n) is 2.78. The predicted octanol–water partition coefficient (Wildman–Crippen LogP) is 1.35. The van der Waals surface area contributed by atoms with E-state index in [0.717, 1.165) is 4.88 Å². The standard InChI is InChI=1S/C9H10O3S/c10-9(8-2-1-5-13-8)7-6-11-3-4-12-7/h1-2,5,7H,3-4,6H2. The van der Waals surface area contributed by atoms with Gasteiger partial charge in [-0.05, 0) is 11.4 Å². The molecular formula is C9H10O3S. The number of ether oxygens (including phenoxy) is 2. The Labute approximate surface area is 80.3 Å². The molecule has 1 saturated heterocycles. The molecule has 1 aliphatic heterocycles. The Morgan fingerprint density at radius 1 is 1.54 bits per heavy atom. The zero-order valence-electron chi connectivity index (χ0n) is 7.06. The van der Waals surface area contributed by atoms with Crippen LogP contribution in [-0.4, -0.2) is 31.7 Å². The summed E-state index contributed by atoms with van der Waals surface area (Å²) in [5.41, 5.74) is 0. The molecule has 1 aromatic rings. The highest BCUT2D eigenvalue weighted by Gasteiger charge is 2.24. The van der Waals surface area contributed by atoms with Crippen molar-refractivity contribution in [3.8, 4) is 0 Å². The average Bonchev–Trinajstić information content (AvgIpc) is 2.71. The van der Waals surface area contributed by atoms with Crippen LogP contribution in [0.2, 0.25) is 0 Å². The quantitative estimate of drug-likeness (QED) is 0.673. The minimum Gasteiger partial charge on any atom is -0.376 e. The molecule has 0 radical (unpaired) electrons. The Bertz CT molecular complexity index is 275. The van der Waals surface area contributed by atoms with Crippen LogP contribution in [0, 0.1) is 0 Å². The molecule has 13 heavy (non-hydrogen) atoms. The monoisotopic (exact) mass is 198 g/mol. The van der Waals surface area contributed by atoms with Crippen LogP contribution in [0.5, 0.6) is 0 Å². The van der Waals surface area contributed by atoms with Gasteiger partial charge in [-0.3, -0.25) is 4.79 Å². The fourth-order valence-electron chi connectivity index (χ4n) is 1.22. The highest BCUT2D eigenvalue weighted by atomic mass is 32.1. The van der Waals surface area contributed by atoms with E-state index in [1.807, 2.05) is 17.5 Å². The molecule has 2 heterocycles. The number of hydrogen-bond donors (Lipinski definition) is 0. The third-order valence-electron chi connectivity index (χ3n) is 1.87. The molecule has 4 heteroatoms. The summed E-state index contributed by atoms with van der Waals surface area (Å²) in [5, 5.41) is 1.89. The number of rotatable bonds is 2. The van der Waals surface area contributed by atoms with Crippen LogP contribution in [0.15, 0.2) is 17.5 Å². The Balaban J connectivity index is 2.04. The van der Waals surface area contributed by atoms with Crippen molar-refractivity contribution in [3.63, 3.8) is 0 Å². The molecule has 70 valence electrons. The number of ketones is 1. The van der Waals surface area contributed by atoms with Crippen LogP contribution in [0.4, 0.5) is 0 Å². The second-order valence-corrected chi connectivity index (χ2v) is 3.72. The first-order chi connectivity index (χ1) is 6.38. The highest BCUT2D eigenvalue weighted by Crippen LogP contribution is 2.14. The van der Waals surface area contributed by atoms with Crippen molar-refractivity contribution >= 4 is 17.1 Å². The van der Waals surface area contributed by atoms with E-state index in [0.29, 0.717) is 19.8 Å². The number of carbonyl (C=O) groups is 1. The van der Waals surface area contributed by atoms with Gasteiger partial charge in [0.1, 0.15) is 6.10 Å². The maximum absolute atomic E-state index is 11.7. The van der Waals surface area contributed by atoms with Crippen molar-refractivity contribution in [1.82, 2.24) is 0 Å². The lowest BCUT2D eigenvalue weighted by molar-refractivity contribution is -0.0717. The molecule has 0 amide bonds. The van der Waals surface area contributed by atoms with Gasteiger partial charge in [0.05, 0.1) is 24.7 Å². The van der Waals surface area contributed by atoms with E-state index in [2.05, 4.69) is 0 Å². The first kappa shape index (κ1) is 8.87. The summed E-state index contributed by atoms with van der Waals surface area (Å²) in [6, 6.07) is 3.67. The smallest absolute Gasteiger partial charge is 0.203 e. The zero-order chi connectivity index (χ0) is 9.10. The van der Waals surface area contributed by atoms with Gasteiger partial charge in [0.25, 0.3) is 0 Å². The second kappa shape index (κ2) is 4.00. The lowest BCUT2D eigenvalue weighted by Crippen LogP contribution is -2.35. The summed E-state index contributed by atoms with van der Waals surface area (Å²) in [5.74, 6) is 0.0368. The minimum absolute atomic E-state index is 0.0368. The minimum atomic E-state index is -0.396. The van der Waals surface area contributed by atoms with Crippen LogP contribution in [0.25, 0.3) is 0 Å². The molecule has 0 N–H and O–H groups in total. The van der Waals surface area contributed by atoms with Gasteiger partial charge in [-0.2, -0.15) is 0 Å². The van der Waals surface area contributed by atoms with Gasteiger partial charge in [0, 0.05) is 0 Å². The van der Waals surface area contributed by atoms with Crippen LogP contribution in [-0.2, 0) is 9.47 Å². The topological polar surface area (TPSA) is 35.5 Å². The SMILES string of the molecule is O=C(c1cccs1)C1COCCO1. The maximum atomic E-state index is 11.7. The number of hydrogen-bond acceptors (Lipinski definition) is 4. The molecule has 0 aromatic carbocycles. The molecule has 1 atom stereocenters. The van der Waals surface area contributed by atoms with E-state index in [4.69, 9.17) is 9.47 Å². The summed E-state index contributed by atoms with van der Waals surface area (Å²) in [7, 11) is 0. The molecule has 1 aromatic heterocycles. The Morgan fingerprint density at radius 2 is 2.46 bits per heavy atom. The molecule has 0 saturated carbocycles. The van der Waals surface area contributed by atoms with Crippen LogP contribution in [0.3, 0.4) is 0 Å². The van der Waals surface area contributed by atoms with E-state index in [9.17, 15) is 4.79 Å². The van der Waals surface area contributed by atoms with E-state index in [1.54, 1.807) is 0 Å². The number of thiophene rings is 1. The summed E-state index contributed by atoms with van der Waals surface area (Å²) in [4.78, 5) is 12.4. The molecule has 1 unspecified atom stereocenters. The molecule has 3 nitrogen and oxygen atoms in total. The first-order valence-corrected chi connectivity index (χ1v) is 5.03. The Kier molecular flexibility index (Phi) is 2.73. The van der Waals surface area contributed by atoms with Gasteiger partial charge < -0.3 is 9.47 Å². The zero-order valence-corrected chi connectivity index (χ0v) is 7.88. The van der Waals surface area contributed by atoms with Crippen molar-refractivity contribution in [3.05, 3.63) is 22.4 Å². The molecular weight excluding hydrogens is 188 g/mol. The predicted molar refractivity (Wildman–Crippen MR) is 49.2 cm³/mol. The largest absolute Gasteiger partial charge is 0.376 e. The van der Waals surface area contributed by atoms with Crippen molar-refractivity contribution < 1.29 is 14.3 Å². The van der Waals surface area contributed by atoms with E-state index in [-0.39, 0.29) is 5.78 Å². The first-order valence-electron chi connectivity index (χ1n) is 4.15. The molecule has 0 bridgehead atoms. The normalized spacial score (nSPS) is 22.9. The lowest BCUT2D eigenvalue weighted by atomic mass is 10.2. The number of carbonyl (C=O) groups excluding carboxylic acids is 1. The average molecular weight is 198 g/mol. The Morgan fingerprint density at radius 3 is 3.08 bits per heavy atom. The van der Waals surface area contributed by atoms with Crippen molar-refractivity contribution in [1.29, 1.82) is 0 Å². The van der Waals surface area contributed by atoms with Gasteiger partial charge in [0.15, 0.2) is 0 Å². The van der Waals surface area contributed by atoms with Crippen molar-refractivity contribution in [2.45, 2.75) is 6.10 Å². The van der Waals surface area contributed by atoms with Gasteiger partial charge >= 0.3 is 0 Å². The van der Waals surface area contributed by atoms with Crippen LogP contribution < -0.4 is 0 Å². The lowest BCUT2D eigenvalue weighted by Gasteiger charge is -2.20. The summed E-state index contributed by atoms with van der Waals surface area (Å²) < 4.78 is 10.5. The molecule has 2 rings (SSSR count). The fourth-order valence-corrected chi connectivity index (χ4v) is 1.93. The highest BCUT2D eigenvalue weighted by molar-refractivity contribution is 7.12. The van der Waals surface area contributed by atoms with E-state index in [1.165, 1.54) is 11.3 Å². The third kappa shape index (κ3) is 1.96. The van der Waals surface area contributed by atoms with Gasteiger partial charge in [-0.15, -0.1) is 11.3 Å². The summed E-state index contributed by atoms with van der Waals surface area (Å²) in [6.45, 7) is 1.49. The molecule has 1 aliphatic rings. The van der Waals surface area contributed by atoms with Crippen LogP contribution in [0.1, 0.15) is 9.67 Å². The maximum Gasteiger partial charge on any atom is 0.203 e. The van der Waals surface area contributed by atoms with E-state index >= 15 is 0 Å². The fraction of sp³-hybridized carbons (Fsp3) is 0.444.